The Bertz CT molecular complexity index is 567. The van der Waals surface area contributed by atoms with E-state index < -0.39 is 0 Å². The summed E-state index contributed by atoms with van der Waals surface area (Å²) in [5.41, 5.74) is 0.522. The van der Waals surface area contributed by atoms with Gasteiger partial charge in [0.25, 0.3) is 5.91 Å². The van der Waals surface area contributed by atoms with E-state index in [0.717, 1.165) is 6.42 Å². The Kier molecular flexibility index (Phi) is 6.28. The molecule has 124 valence electrons. The topological polar surface area (TPSA) is 74.8 Å². The van der Waals surface area contributed by atoms with Crippen LogP contribution in [0.5, 0.6) is 0 Å². The van der Waals surface area contributed by atoms with Gasteiger partial charge < -0.3 is 10.1 Å². The Morgan fingerprint density at radius 2 is 2.17 bits per heavy atom. The summed E-state index contributed by atoms with van der Waals surface area (Å²) in [5, 5.41) is 6.77. The van der Waals surface area contributed by atoms with Gasteiger partial charge in [0.2, 0.25) is 0 Å². The summed E-state index contributed by atoms with van der Waals surface area (Å²) in [7, 11) is 0. The fourth-order valence-corrected chi connectivity index (χ4v) is 2.56. The van der Waals surface area contributed by atoms with Gasteiger partial charge in [-0.15, -0.1) is 0 Å². The predicted molar refractivity (Wildman–Crippen MR) is 88.4 cm³/mol. The number of nitrogens with one attached hydrogen (secondary N) is 1. The molecule has 1 aliphatic rings. The summed E-state index contributed by atoms with van der Waals surface area (Å²) in [6, 6.07) is 3.45. The van der Waals surface area contributed by atoms with Gasteiger partial charge in [-0.2, -0.15) is 0 Å². The van der Waals surface area contributed by atoms with E-state index in [1.807, 2.05) is 0 Å². The van der Waals surface area contributed by atoms with Crippen molar-refractivity contribution in [3.8, 4) is 0 Å². The second kappa shape index (κ2) is 8.42. The van der Waals surface area contributed by atoms with E-state index in [1.54, 1.807) is 35.3 Å². The summed E-state index contributed by atoms with van der Waals surface area (Å²) in [6.45, 7) is 3.78. The van der Waals surface area contributed by atoms with Crippen LogP contribution in [0, 0.1) is 0 Å². The van der Waals surface area contributed by atoms with Crippen molar-refractivity contribution in [1.29, 1.82) is 0 Å². The minimum Gasteiger partial charge on any atom is -0.466 e. The average Bonchev–Trinajstić information content (AvgIpc) is 3.05. The quantitative estimate of drug-likeness (QED) is 0.634. The third-order valence-electron chi connectivity index (χ3n) is 3.32. The summed E-state index contributed by atoms with van der Waals surface area (Å²) in [4.78, 5) is 27.8. The lowest BCUT2D eigenvalue weighted by Crippen LogP contribution is -2.49. The first-order valence-corrected chi connectivity index (χ1v) is 7.97. The smallest absolute Gasteiger partial charge is 0.307 e. The number of esters is 1. The van der Waals surface area contributed by atoms with Crippen LogP contribution < -0.4 is 5.32 Å². The number of ether oxygens (including phenoxy) is 1. The highest BCUT2D eigenvalue weighted by atomic mass is 32.1. The van der Waals surface area contributed by atoms with Gasteiger partial charge in [-0.1, -0.05) is 0 Å². The first-order valence-electron chi connectivity index (χ1n) is 7.56. The number of hydrazine groups is 1. The van der Waals surface area contributed by atoms with E-state index in [9.17, 15) is 9.59 Å². The lowest BCUT2D eigenvalue weighted by atomic mass is 10.2. The minimum absolute atomic E-state index is 0.134. The molecule has 1 fully saturated rings. The zero-order valence-corrected chi connectivity index (χ0v) is 13.8. The molecule has 1 amide bonds. The summed E-state index contributed by atoms with van der Waals surface area (Å²) >= 11 is 5.33. The van der Waals surface area contributed by atoms with Gasteiger partial charge in [0.1, 0.15) is 0 Å². The molecule has 1 aliphatic heterocycles. The molecule has 0 saturated carbocycles. The number of pyridine rings is 1. The largest absolute Gasteiger partial charge is 0.466 e. The second-order valence-corrected chi connectivity index (χ2v) is 5.32. The summed E-state index contributed by atoms with van der Waals surface area (Å²) in [5.74, 6) is -0.405. The van der Waals surface area contributed by atoms with Gasteiger partial charge >= 0.3 is 5.97 Å². The van der Waals surface area contributed by atoms with E-state index in [0.29, 0.717) is 36.9 Å². The molecule has 1 N–H and O–H groups in total. The van der Waals surface area contributed by atoms with Crippen LogP contribution in [0.4, 0.5) is 0 Å². The van der Waals surface area contributed by atoms with Crippen LogP contribution in [-0.2, 0) is 9.53 Å². The molecule has 2 heterocycles. The SMILES string of the molecule is CCOC(=O)CCNC(=S)N1CCCN1C(=O)c1cccnc1. The average molecular weight is 336 g/mol. The molecule has 0 aromatic carbocycles. The lowest BCUT2D eigenvalue weighted by molar-refractivity contribution is -0.142. The number of thiocarbonyl (C=S) groups is 1. The van der Waals surface area contributed by atoms with Crippen molar-refractivity contribution in [2.24, 2.45) is 0 Å². The third kappa shape index (κ3) is 4.62. The molecular formula is C15H20N4O3S. The normalized spacial score (nSPS) is 13.8. The lowest BCUT2D eigenvalue weighted by Gasteiger charge is -2.30. The molecule has 0 aliphatic carbocycles. The van der Waals surface area contributed by atoms with E-state index >= 15 is 0 Å². The van der Waals surface area contributed by atoms with Crippen molar-refractivity contribution < 1.29 is 14.3 Å². The molecule has 0 radical (unpaired) electrons. The number of carbonyl (C=O) groups excluding carboxylic acids is 2. The highest BCUT2D eigenvalue weighted by Crippen LogP contribution is 2.14. The van der Waals surface area contributed by atoms with E-state index in [1.165, 1.54) is 6.20 Å². The molecule has 23 heavy (non-hydrogen) atoms. The molecule has 1 aromatic rings. The van der Waals surface area contributed by atoms with Gasteiger partial charge in [0, 0.05) is 32.0 Å². The first-order chi connectivity index (χ1) is 11.1. The minimum atomic E-state index is -0.271. The zero-order valence-electron chi connectivity index (χ0n) is 13.0. The fraction of sp³-hybridized carbons (Fsp3) is 0.467. The van der Waals surface area contributed by atoms with Crippen LogP contribution in [0.1, 0.15) is 30.1 Å². The molecule has 0 unspecified atom stereocenters. The molecule has 0 spiro atoms. The Labute approximate surface area is 140 Å². The molecule has 1 saturated heterocycles. The van der Waals surface area contributed by atoms with Crippen molar-refractivity contribution in [3.63, 3.8) is 0 Å². The van der Waals surface area contributed by atoms with Crippen LogP contribution in [0.3, 0.4) is 0 Å². The van der Waals surface area contributed by atoms with Gasteiger partial charge in [0.05, 0.1) is 18.6 Å². The van der Waals surface area contributed by atoms with Gasteiger partial charge in [0.15, 0.2) is 5.11 Å². The van der Waals surface area contributed by atoms with Gasteiger partial charge in [-0.05, 0) is 37.7 Å². The van der Waals surface area contributed by atoms with Crippen molar-refractivity contribution in [2.75, 3.05) is 26.2 Å². The Morgan fingerprint density at radius 1 is 1.39 bits per heavy atom. The van der Waals surface area contributed by atoms with Crippen molar-refractivity contribution in [1.82, 2.24) is 20.3 Å². The van der Waals surface area contributed by atoms with Crippen LogP contribution in [0.15, 0.2) is 24.5 Å². The number of amides is 1. The van der Waals surface area contributed by atoms with Gasteiger partial charge in [-0.3, -0.25) is 19.6 Å². The van der Waals surface area contributed by atoms with Gasteiger partial charge in [-0.25, -0.2) is 5.01 Å². The number of aromatic nitrogens is 1. The Hall–Kier alpha value is -2.22. The maximum Gasteiger partial charge on any atom is 0.307 e. The number of carbonyl (C=O) groups is 2. The molecule has 2 rings (SSSR count). The fourth-order valence-electron chi connectivity index (χ4n) is 2.27. The molecule has 0 bridgehead atoms. The van der Waals surface area contributed by atoms with Crippen molar-refractivity contribution >= 4 is 29.2 Å². The molecular weight excluding hydrogens is 316 g/mol. The maximum absolute atomic E-state index is 12.5. The molecule has 0 atom stereocenters. The van der Waals surface area contributed by atoms with E-state index in [4.69, 9.17) is 17.0 Å². The third-order valence-corrected chi connectivity index (χ3v) is 3.67. The van der Waals surface area contributed by atoms with Crippen LogP contribution in [-0.4, -0.2) is 58.2 Å². The van der Waals surface area contributed by atoms with Crippen molar-refractivity contribution in [2.45, 2.75) is 19.8 Å². The second-order valence-electron chi connectivity index (χ2n) is 4.93. The monoisotopic (exact) mass is 336 g/mol. The van der Waals surface area contributed by atoms with E-state index in [-0.39, 0.29) is 18.3 Å². The first kappa shape index (κ1) is 17.1. The highest BCUT2D eigenvalue weighted by Gasteiger charge is 2.29. The Balaban J connectivity index is 1.89. The molecule has 1 aromatic heterocycles. The summed E-state index contributed by atoms with van der Waals surface area (Å²) in [6.07, 6.45) is 4.24. The standard InChI is InChI=1S/C15H20N4O3S/c1-2-22-13(20)6-8-17-15(23)19-10-4-9-18(19)14(21)12-5-3-7-16-11-12/h3,5,7,11H,2,4,6,8-10H2,1H3,(H,17,23). The van der Waals surface area contributed by atoms with Crippen LogP contribution in [0.25, 0.3) is 0 Å². The Morgan fingerprint density at radius 3 is 2.87 bits per heavy atom. The number of hydrogen-bond donors (Lipinski definition) is 1. The van der Waals surface area contributed by atoms with E-state index in [2.05, 4.69) is 10.3 Å². The number of rotatable bonds is 5. The summed E-state index contributed by atoms with van der Waals surface area (Å²) < 4.78 is 4.86. The van der Waals surface area contributed by atoms with Crippen LogP contribution in [0.2, 0.25) is 0 Å². The molecule has 8 heteroatoms. The highest BCUT2D eigenvalue weighted by molar-refractivity contribution is 7.80. The molecule has 7 nitrogen and oxygen atoms in total. The van der Waals surface area contributed by atoms with Crippen molar-refractivity contribution in [3.05, 3.63) is 30.1 Å². The number of nitrogens with zero attached hydrogens (tertiary/aromatic N) is 3. The predicted octanol–water partition coefficient (Wildman–Crippen LogP) is 0.972. The number of hydrogen-bond acceptors (Lipinski definition) is 5. The zero-order chi connectivity index (χ0) is 16.7. The maximum atomic E-state index is 12.5. The van der Waals surface area contributed by atoms with Crippen LogP contribution >= 0.6 is 12.2 Å².